The Morgan fingerprint density at radius 1 is 1.09 bits per heavy atom. The molecule has 2 heterocycles. The molecule has 4 rings (SSSR count). The van der Waals surface area contributed by atoms with Gasteiger partial charge in [0.2, 0.25) is 5.91 Å². The summed E-state index contributed by atoms with van der Waals surface area (Å²) in [4.78, 5) is 26.7. The van der Waals surface area contributed by atoms with Crippen molar-refractivity contribution in [3.63, 3.8) is 0 Å². The molecule has 0 radical (unpaired) electrons. The first kappa shape index (κ1) is 22.2. The highest BCUT2D eigenvalue weighted by Gasteiger charge is 2.22. The first-order valence-electron chi connectivity index (χ1n) is 11.7. The summed E-state index contributed by atoms with van der Waals surface area (Å²) in [6.07, 6.45) is 5.46. The number of nitrogens with zero attached hydrogens (tertiary/aromatic N) is 2. The fourth-order valence-corrected chi connectivity index (χ4v) is 4.53. The molecule has 3 aromatic rings. The number of aryl methyl sites for hydroxylation is 2. The molecule has 1 saturated heterocycles. The number of ether oxygens (including phenoxy) is 1. The number of carbonyl (C=O) groups excluding carboxylic acids is 1. The predicted molar refractivity (Wildman–Crippen MR) is 125 cm³/mol. The van der Waals surface area contributed by atoms with E-state index in [-0.39, 0.29) is 11.7 Å². The van der Waals surface area contributed by atoms with Crippen molar-refractivity contribution in [1.29, 1.82) is 0 Å². The van der Waals surface area contributed by atoms with Crippen LogP contribution in [0.2, 0.25) is 0 Å². The molecule has 2 aromatic carbocycles. The number of carbonyl (C=O) groups is 1. The Morgan fingerprint density at radius 2 is 1.84 bits per heavy atom. The number of fused-ring (bicyclic) bond motifs is 1. The maximum absolute atomic E-state index is 12.6. The molecule has 32 heavy (non-hydrogen) atoms. The van der Waals surface area contributed by atoms with E-state index in [1.165, 1.54) is 5.56 Å². The largest absolute Gasteiger partial charge is 0.494 e. The topological polar surface area (TPSA) is 64.7 Å². The third-order valence-electron chi connectivity index (χ3n) is 6.39. The van der Waals surface area contributed by atoms with E-state index in [4.69, 9.17) is 9.15 Å². The van der Waals surface area contributed by atoms with E-state index in [9.17, 15) is 9.59 Å². The standard InChI is InChI=1S/C26H32N2O4/c1-2-31-22-13-11-20(12-14-22)9-10-21-15-18-27(19-16-21)25(29)8-5-17-28-23-6-3-4-7-24(23)32-26(28)30/h3-4,6-7,11-14,21H,2,5,8-10,15-19H2,1H3. The molecule has 1 aliphatic rings. The van der Waals surface area contributed by atoms with Gasteiger partial charge < -0.3 is 14.1 Å². The maximum atomic E-state index is 12.6. The molecular weight excluding hydrogens is 404 g/mol. The first-order chi connectivity index (χ1) is 15.6. The Hall–Kier alpha value is -3.02. The van der Waals surface area contributed by atoms with Gasteiger partial charge in [-0.05, 0) is 74.8 Å². The fourth-order valence-electron chi connectivity index (χ4n) is 4.53. The van der Waals surface area contributed by atoms with Crippen molar-refractivity contribution in [2.45, 2.75) is 52.0 Å². The maximum Gasteiger partial charge on any atom is 0.419 e. The summed E-state index contributed by atoms with van der Waals surface area (Å²) in [5, 5.41) is 0. The second-order valence-corrected chi connectivity index (χ2v) is 8.53. The van der Waals surface area contributed by atoms with Crippen molar-refractivity contribution in [3.05, 3.63) is 64.6 Å². The van der Waals surface area contributed by atoms with Gasteiger partial charge in [-0.1, -0.05) is 24.3 Å². The molecule has 170 valence electrons. The minimum atomic E-state index is -0.355. The van der Waals surface area contributed by atoms with Crippen molar-refractivity contribution in [1.82, 2.24) is 9.47 Å². The van der Waals surface area contributed by atoms with Crippen LogP contribution in [0.1, 0.15) is 44.6 Å². The molecular formula is C26H32N2O4. The van der Waals surface area contributed by atoms with Gasteiger partial charge in [0, 0.05) is 26.1 Å². The van der Waals surface area contributed by atoms with Gasteiger partial charge in [-0.25, -0.2) is 4.79 Å². The zero-order valence-electron chi connectivity index (χ0n) is 18.8. The van der Waals surface area contributed by atoms with Crippen LogP contribution in [-0.4, -0.2) is 35.1 Å². The minimum absolute atomic E-state index is 0.191. The van der Waals surface area contributed by atoms with E-state index >= 15 is 0 Å². The summed E-state index contributed by atoms with van der Waals surface area (Å²) in [5.74, 6) is 1.43. The lowest BCUT2D eigenvalue weighted by Crippen LogP contribution is -2.38. The smallest absolute Gasteiger partial charge is 0.419 e. The highest BCUT2D eigenvalue weighted by molar-refractivity contribution is 5.76. The van der Waals surface area contributed by atoms with Crippen molar-refractivity contribution in [2.24, 2.45) is 5.92 Å². The molecule has 1 aliphatic heterocycles. The van der Waals surface area contributed by atoms with Crippen LogP contribution < -0.4 is 10.5 Å². The summed E-state index contributed by atoms with van der Waals surface area (Å²) in [5.41, 5.74) is 2.73. The Labute approximate surface area is 188 Å². The van der Waals surface area contributed by atoms with Gasteiger partial charge in [-0.2, -0.15) is 0 Å². The van der Waals surface area contributed by atoms with Crippen molar-refractivity contribution >= 4 is 17.0 Å². The van der Waals surface area contributed by atoms with E-state index in [1.54, 1.807) is 10.6 Å². The molecule has 0 atom stereocenters. The lowest BCUT2D eigenvalue weighted by atomic mass is 9.90. The quantitative estimate of drug-likeness (QED) is 0.490. The average Bonchev–Trinajstić information content (AvgIpc) is 3.14. The van der Waals surface area contributed by atoms with E-state index < -0.39 is 0 Å². The first-order valence-corrected chi connectivity index (χ1v) is 11.7. The van der Waals surface area contributed by atoms with Crippen LogP contribution in [-0.2, 0) is 17.8 Å². The number of para-hydroxylation sites is 2. The molecule has 0 saturated carbocycles. The van der Waals surface area contributed by atoms with Crippen LogP contribution in [0.15, 0.2) is 57.7 Å². The number of hydrogen-bond acceptors (Lipinski definition) is 4. The zero-order valence-corrected chi connectivity index (χ0v) is 18.8. The summed E-state index contributed by atoms with van der Waals surface area (Å²) in [6.45, 7) is 4.85. The number of benzene rings is 2. The molecule has 1 amide bonds. The fraction of sp³-hybridized carbons (Fsp3) is 0.462. The predicted octanol–water partition coefficient (Wildman–Crippen LogP) is 4.64. The number of piperidine rings is 1. The molecule has 0 spiro atoms. The molecule has 6 nitrogen and oxygen atoms in total. The van der Waals surface area contributed by atoms with Gasteiger partial charge in [0.15, 0.2) is 5.58 Å². The Balaban J connectivity index is 1.18. The second-order valence-electron chi connectivity index (χ2n) is 8.53. The Morgan fingerprint density at radius 3 is 2.59 bits per heavy atom. The molecule has 1 fully saturated rings. The number of likely N-dealkylation sites (tertiary alicyclic amines) is 1. The summed E-state index contributed by atoms with van der Waals surface area (Å²) in [6, 6.07) is 15.8. The number of rotatable bonds is 9. The Bertz CT molecular complexity index is 1080. The van der Waals surface area contributed by atoms with Crippen LogP contribution in [0.5, 0.6) is 5.75 Å². The minimum Gasteiger partial charge on any atom is -0.494 e. The molecule has 1 aromatic heterocycles. The Kier molecular flexibility index (Phi) is 7.30. The number of aromatic nitrogens is 1. The van der Waals surface area contributed by atoms with Gasteiger partial charge >= 0.3 is 5.76 Å². The summed E-state index contributed by atoms with van der Waals surface area (Å²) in [7, 11) is 0. The van der Waals surface area contributed by atoms with Crippen LogP contribution in [0.3, 0.4) is 0 Å². The van der Waals surface area contributed by atoms with Crippen molar-refractivity contribution < 1.29 is 13.9 Å². The van der Waals surface area contributed by atoms with Crippen LogP contribution in [0.25, 0.3) is 11.1 Å². The number of amides is 1. The van der Waals surface area contributed by atoms with Gasteiger partial charge in [0.05, 0.1) is 12.1 Å². The van der Waals surface area contributed by atoms with Gasteiger partial charge in [-0.15, -0.1) is 0 Å². The van der Waals surface area contributed by atoms with Crippen LogP contribution in [0, 0.1) is 5.92 Å². The van der Waals surface area contributed by atoms with Crippen molar-refractivity contribution in [2.75, 3.05) is 19.7 Å². The van der Waals surface area contributed by atoms with Crippen molar-refractivity contribution in [3.8, 4) is 5.75 Å². The van der Waals surface area contributed by atoms with E-state index in [1.807, 2.05) is 42.2 Å². The number of hydrogen-bond donors (Lipinski definition) is 0. The molecule has 0 N–H and O–H groups in total. The van der Waals surface area contributed by atoms with Gasteiger partial charge in [-0.3, -0.25) is 9.36 Å². The van der Waals surface area contributed by atoms with Crippen LogP contribution in [0.4, 0.5) is 0 Å². The normalized spacial score (nSPS) is 14.7. The SMILES string of the molecule is CCOc1ccc(CCC2CCN(C(=O)CCCn3c(=O)oc4ccccc43)CC2)cc1. The third kappa shape index (κ3) is 5.42. The summed E-state index contributed by atoms with van der Waals surface area (Å²) < 4.78 is 12.4. The molecule has 6 heteroatoms. The highest BCUT2D eigenvalue weighted by Crippen LogP contribution is 2.24. The third-order valence-corrected chi connectivity index (χ3v) is 6.39. The van der Waals surface area contributed by atoms with Crippen LogP contribution >= 0.6 is 0 Å². The van der Waals surface area contributed by atoms with Gasteiger partial charge in [0.25, 0.3) is 0 Å². The summed E-state index contributed by atoms with van der Waals surface area (Å²) >= 11 is 0. The highest BCUT2D eigenvalue weighted by atomic mass is 16.5. The monoisotopic (exact) mass is 436 g/mol. The van der Waals surface area contributed by atoms with E-state index in [2.05, 4.69) is 12.1 Å². The van der Waals surface area contributed by atoms with E-state index in [0.29, 0.717) is 37.5 Å². The average molecular weight is 437 g/mol. The van der Waals surface area contributed by atoms with Gasteiger partial charge in [0.1, 0.15) is 5.75 Å². The number of oxazole rings is 1. The zero-order chi connectivity index (χ0) is 22.3. The lowest BCUT2D eigenvalue weighted by Gasteiger charge is -2.32. The second kappa shape index (κ2) is 10.5. The lowest BCUT2D eigenvalue weighted by molar-refractivity contribution is -0.132. The molecule has 0 aliphatic carbocycles. The van der Waals surface area contributed by atoms with E-state index in [0.717, 1.165) is 50.0 Å². The molecule has 0 bridgehead atoms. The molecule has 0 unspecified atom stereocenters.